The molecule has 3 fully saturated rings. The molecule has 0 atom stereocenters. The Kier molecular flexibility index (Phi) is 4.11. The molecule has 4 rings (SSSR count). The van der Waals surface area contributed by atoms with E-state index in [4.69, 9.17) is 6.57 Å². The number of nitrogens with zero attached hydrogens (tertiary/aromatic N) is 2. The Hall–Kier alpha value is -2.08. The van der Waals surface area contributed by atoms with Crippen LogP contribution >= 0.6 is 0 Å². The quantitative estimate of drug-likeness (QED) is 0.463. The molecular formula is C20H20F4N2. The van der Waals surface area contributed by atoms with Crippen molar-refractivity contribution in [2.75, 3.05) is 0 Å². The summed E-state index contributed by atoms with van der Waals surface area (Å²) in [5.74, 6) is -8.09. The summed E-state index contributed by atoms with van der Waals surface area (Å²) in [6.45, 7) is 10.2. The van der Waals surface area contributed by atoms with Crippen LogP contribution in [0.25, 0.3) is 4.85 Å². The molecule has 2 nitrogen and oxygen atoms in total. The van der Waals surface area contributed by atoms with Gasteiger partial charge in [0.15, 0.2) is 0 Å². The van der Waals surface area contributed by atoms with Gasteiger partial charge in [-0.25, -0.2) is 4.85 Å². The highest BCUT2D eigenvalue weighted by Gasteiger charge is 2.79. The minimum Gasteiger partial charge on any atom is -0.236 e. The Morgan fingerprint density at radius 2 is 1.73 bits per heavy atom. The number of rotatable bonds is 3. The average molecular weight is 364 g/mol. The summed E-state index contributed by atoms with van der Waals surface area (Å²) in [7, 11) is 0. The molecule has 3 aliphatic carbocycles. The van der Waals surface area contributed by atoms with Crippen molar-refractivity contribution in [3.8, 4) is 6.07 Å². The van der Waals surface area contributed by atoms with Crippen molar-refractivity contribution in [3.05, 3.63) is 40.2 Å². The predicted octanol–water partition coefficient (Wildman–Crippen LogP) is 6.20. The van der Waals surface area contributed by atoms with Crippen molar-refractivity contribution in [3.63, 3.8) is 0 Å². The number of halogens is 4. The summed E-state index contributed by atoms with van der Waals surface area (Å²) >= 11 is 0. The van der Waals surface area contributed by atoms with Gasteiger partial charge < -0.3 is 0 Å². The number of fused-ring (bicyclic) bond motifs is 3. The predicted molar refractivity (Wildman–Crippen MR) is 89.4 cm³/mol. The number of nitriles is 1. The average Bonchev–Trinajstić information content (AvgIpc) is 2.60. The van der Waals surface area contributed by atoms with E-state index in [0.717, 1.165) is 0 Å². The summed E-state index contributed by atoms with van der Waals surface area (Å²) in [5.41, 5.74) is -1.89. The summed E-state index contributed by atoms with van der Waals surface area (Å²) < 4.78 is 58.6. The lowest BCUT2D eigenvalue weighted by Crippen LogP contribution is -2.68. The smallest absolute Gasteiger partial charge is 0.236 e. The van der Waals surface area contributed by atoms with Crippen LogP contribution in [-0.4, -0.2) is 11.8 Å². The van der Waals surface area contributed by atoms with Gasteiger partial charge in [0.25, 0.3) is 0 Å². The number of alkyl halides is 4. The molecule has 1 aromatic rings. The zero-order valence-corrected chi connectivity index (χ0v) is 14.8. The summed E-state index contributed by atoms with van der Waals surface area (Å²) in [5, 5.41) is 9.38. The Labute approximate surface area is 150 Å². The van der Waals surface area contributed by atoms with Crippen molar-refractivity contribution in [2.24, 2.45) is 10.8 Å². The largest absolute Gasteiger partial charge is 0.316 e. The second-order valence-electron chi connectivity index (χ2n) is 7.98. The first-order valence-electron chi connectivity index (χ1n) is 8.71. The minimum atomic E-state index is -4.06. The molecule has 0 saturated heterocycles. The molecule has 138 valence electrons. The second-order valence-corrected chi connectivity index (χ2v) is 7.98. The lowest BCUT2D eigenvalue weighted by molar-refractivity contribution is -0.364. The van der Waals surface area contributed by atoms with Gasteiger partial charge in [-0.3, -0.25) is 0 Å². The third kappa shape index (κ3) is 2.21. The van der Waals surface area contributed by atoms with E-state index in [-0.39, 0.29) is 49.8 Å². The summed E-state index contributed by atoms with van der Waals surface area (Å²) in [6.07, 6.45) is 0.282. The van der Waals surface area contributed by atoms with Crippen LogP contribution in [0.4, 0.5) is 23.2 Å². The van der Waals surface area contributed by atoms with Gasteiger partial charge in [0.1, 0.15) is 0 Å². The molecule has 0 radical (unpaired) electrons. The Morgan fingerprint density at radius 3 is 2.27 bits per heavy atom. The topological polar surface area (TPSA) is 28.1 Å². The first-order valence-corrected chi connectivity index (χ1v) is 8.71. The SMILES string of the molecule is [C-]#[N+]c1c(C)ccc(CCC23CCC(C)(CC2)C(F)(F)C3(F)F)c1C#N. The van der Waals surface area contributed by atoms with Gasteiger partial charge in [0, 0.05) is 10.8 Å². The van der Waals surface area contributed by atoms with Crippen molar-refractivity contribution in [1.29, 1.82) is 5.26 Å². The lowest BCUT2D eigenvalue weighted by atomic mass is 9.49. The summed E-state index contributed by atoms with van der Waals surface area (Å²) in [4.78, 5) is 3.36. The van der Waals surface area contributed by atoms with Crippen LogP contribution in [0.3, 0.4) is 0 Å². The molecule has 0 aliphatic heterocycles. The molecular weight excluding hydrogens is 344 g/mol. The monoisotopic (exact) mass is 364 g/mol. The molecule has 0 aromatic heterocycles. The molecule has 3 aliphatic rings. The molecule has 0 heterocycles. The molecule has 0 N–H and O–H groups in total. The van der Waals surface area contributed by atoms with Gasteiger partial charge in [-0.05, 0) is 56.6 Å². The molecule has 26 heavy (non-hydrogen) atoms. The highest BCUT2D eigenvalue weighted by molar-refractivity contribution is 5.66. The van der Waals surface area contributed by atoms with Crippen LogP contribution in [0.5, 0.6) is 0 Å². The lowest BCUT2D eigenvalue weighted by Gasteiger charge is -2.60. The zero-order chi connectivity index (χ0) is 19.4. The Morgan fingerprint density at radius 1 is 1.12 bits per heavy atom. The molecule has 3 saturated carbocycles. The number of benzene rings is 1. The van der Waals surface area contributed by atoms with Crippen molar-refractivity contribution < 1.29 is 17.6 Å². The van der Waals surface area contributed by atoms with Gasteiger partial charge in [-0.15, -0.1) is 0 Å². The summed E-state index contributed by atoms with van der Waals surface area (Å²) in [6, 6.07) is 5.30. The van der Waals surface area contributed by atoms with E-state index in [1.807, 2.05) is 6.07 Å². The van der Waals surface area contributed by atoms with E-state index in [1.54, 1.807) is 19.1 Å². The fourth-order valence-corrected chi connectivity index (χ4v) is 4.62. The standard InChI is InChI=1S/C20H20F4N2/c1-13-4-5-14(15(12-25)16(13)26-3)6-7-18-10-8-17(2,9-11-18)19(21,22)20(18,23)24/h4-5H,6-11H2,1-2H3. The van der Waals surface area contributed by atoms with Crippen LogP contribution in [0, 0.1) is 35.7 Å². The maximum absolute atomic E-state index is 14.8. The highest BCUT2D eigenvalue weighted by Crippen LogP contribution is 2.71. The molecule has 1 aromatic carbocycles. The van der Waals surface area contributed by atoms with Crippen molar-refractivity contribution >= 4 is 5.69 Å². The Bertz CT molecular complexity index is 821. The zero-order valence-electron chi connectivity index (χ0n) is 14.8. The first kappa shape index (κ1) is 18.7. The van der Waals surface area contributed by atoms with E-state index in [1.165, 1.54) is 6.92 Å². The van der Waals surface area contributed by atoms with Crippen LogP contribution in [0.15, 0.2) is 12.1 Å². The molecule has 0 amide bonds. The van der Waals surface area contributed by atoms with E-state index in [9.17, 15) is 22.8 Å². The number of hydrogen-bond acceptors (Lipinski definition) is 1. The van der Waals surface area contributed by atoms with Crippen LogP contribution in [0.1, 0.15) is 55.7 Å². The third-order valence-corrected chi connectivity index (χ3v) is 6.69. The van der Waals surface area contributed by atoms with Crippen LogP contribution < -0.4 is 0 Å². The van der Waals surface area contributed by atoms with Crippen LogP contribution in [0.2, 0.25) is 0 Å². The number of hydrogen-bond donors (Lipinski definition) is 0. The van der Waals surface area contributed by atoms with Gasteiger partial charge in [0.05, 0.1) is 18.2 Å². The molecule has 6 heteroatoms. The van der Waals surface area contributed by atoms with E-state index < -0.39 is 22.7 Å². The second kappa shape index (κ2) is 5.71. The maximum atomic E-state index is 14.8. The van der Waals surface area contributed by atoms with Crippen molar-refractivity contribution in [2.45, 2.75) is 64.2 Å². The third-order valence-electron chi connectivity index (χ3n) is 6.69. The normalized spacial score (nSPS) is 31.2. The first-order chi connectivity index (χ1) is 12.1. The fraction of sp³-hybridized carbons (Fsp3) is 0.600. The van der Waals surface area contributed by atoms with Gasteiger partial charge in [0.2, 0.25) is 5.69 Å². The Balaban J connectivity index is 1.94. The fourth-order valence-electron chi connectivity index (χ4n) is 4.62. The minimum absolute atomic E-state index is 0.0650. The molecule has 0 unspecified atom stereocenters. The van der Waals surface area contributed by atoms with Crippen LogP contribution in [-0.2, 0) is 6.42 Å². The molecule has 0 spiro atoms. The van der Waals surface area contributed by atoms with Gasteiger partial charge >= 0.3 is 11.8 Å². The van der Waals surface area contributed by atoms with Gasteiger partial charge in [-0.2, -0.15) is 22.8 Å². The number of aryl methyl sites for hydroxylation is 2. The molecule has 2 bridgehead atoms. The highest BCUT2D eigenvalue weighted by atomic mass is 19.3. The van der Waals surface area contributed by atoms with E-state index >= 15 is 0 Å². The maximum Gasteiger partial charge on any atom is 0.316 e. The van der Waals surface area contributed by atoms with Crippen molar-refractivity contribution in [1.82, 2.24) is 0 Å². The van der Waals surface area contributed by atoms with E-state index in [2.05, 4.69) is 4.85 Å². The van der Waals surface area contributed by atoms with E-state index in [0.29, 0.717) is 11.1 Å². The van der Waals surface area contributed by atoms with Gasteiger partial charge in [-0.1, -0.05) is 19.1 Å².